The van der Waals surface area contributed by atoms with Gasteiger partial charge in [-0.1, -0.05) is 13.8 Å². The first-order valence-corrected chi connectivity index (χ1v) is 11.1. The van der Waals surface area contributed by atoms with Gasteiger partial charge in [0.2, 0.25) is 5.79 Å². The number of nitrogens with zero attached hydrogens (tertiary/aromatic N) is 2. The van der Waals surface area contributed by atoms with Crippen molar-refractivity contribution in [1.29, 1.82) is 0 Å². The van der Waals surface area contributed by atoms with E-state index in [1.54, 1.807) is 38.1 Å². The average molecular weight is 450 g/mol. The number of pyridine rings is 1. The van der Waals surface area contributed by atoms with E-state index in [1.165, 1.54) is 4.57 Å². The SMILES string of the molecule is CC(C)Cn1c(=O)[nH]c(=O)c2c(C(=O)Nc3ccc4c(c3)OC(C)(C)O4)cc(C3CC3)nc21. The molecular weight excluding hydrogens is 424 g/mol. The van der Waals surface area contributed by atoms with Gasteiger partial charge in [-0.25, -0.2) is 9.78 Å². The normalized spacial score (nSPS) is 16.4. The predicted octanol–water partition coefficient (Wildman–Crippen LogP) is 3.38. The lowest BCUT2D eigenvalue weighted by Gasteiger charge is -2.16. The minimum Gasteiger partial charge on any atom is -0.449 e. The zero-order valence-corrected chi connectivity index (χ0v) is 19.0. The maximum atomic E-state index is 13.4. The third-order valence-electron chi connectivity index (χ3n) is 5.67. The monoisotopic (exact) mass is 450 g/mol. The van der Waals surface area contributed by atoms with Gasteiger partial charge in [0.1, 0.15) is 0 Å². The molecule has 5 rings (SSSR count). The van der Waals surface area contributed by atoms with Crippen LogP contribution in [0.15, 0.2) is 33.9 Å². The number of amides is 1. The Balaban J connectivity index is 1.60. The number of H-pyrrole nitrogens is 1. The van der Waals surface area contributed by atoms with Crippen molar-refractivity contribution in [3.8, 4) is 11.5 Å². The molecule has 1 aliphatic heterocycles. The molecule has 1 amide bonds. The van der Waals surface area contributed by atoms with Gasteiger partial charge in [-0.05, 0) is 37.0 Å². The molecule has 2 aliphatic rings. The van der Waals surface area contributed by atoms with E-state index in [-0.39, 0.29) is 28.4 Å². The third-order valence-corrected chi connectivity index (χ3v) is 5.67. The molecule has 9 heteroatoms. The maximum Gasteiger partial charge on any atom is 0.330 e. The number of ether oxygens (including phenoxy) is 2. The van der Waals surface area contributed by atoms with E-state index in [2.05, 4.69) is 15.3 Å². The molecule has 0 unspecified atom stereocenters. The van der Waals surface area contributed by atoms with Crippen LogP contribution in [0, 0.1) is 5.92 Å². The molecule has 3 aromatic rings. The molecule has 172 valence electrons. The second kappa shape index (κ2) is 7.47. The van der Waals surface area contributed by atoms with Crippen LogP contribution in [0.25, 0.3) is 11.0 Å². The number of carbonyl (C=O) groups excluding carboxylic acids is 1. The second-order valence-electron chi connectivity index (χ2n) is 9.55. The number of benzene rings is 1. The van der Waals surface area contributed by atoms with E-state index in [4.69, 9.17) is 9.47 Å². The summed E-state index contributed by atoms with van der Waals surface area (Å²) in [6, 6.07) is 6.80. The van der Waals surface area contributed by atoms with E-state index in [1.807, 2.05) is 13.8 Å². The average Bonchev–Trinajstić information content (AvgIpc) is 3.52. The van der Waals surface area contributed by atoms with Crippen LogP contribution in [-0.2, 0) is 6.54 Å². The van der Waals surface area contributed by atoms with Crippen LogP contribution < -0.4 is 26.0 Å². The molecule has 2 N–H and O–H groups in total. The van der Waals surface area contributed by atoms with Crippen LogP contribution in [0.3, 0.4) is 0 Å². The van der Waals surface area contributed by atoms with E-state index in [9.17, 15) is 14.4 Å². The Morgan fingerprint density at radius 2 is 1.94 bits per heavy atom. The van der Waals surface area contributed by atoms with Crippen LogP contribution in [0.2, 0.25) is 0 Å². The molecule has 0 bridgehead atoms. The first-order valence-electron chi connectivity index (χ1n) is 11.1. The summed E-state index contributed by atoms with van der Waals surface area (Å²) >= 11 is 0. The highest BCUT2D eigenvalue weighted by Gasteiger charge is 2.32. The lowest BCUT2D eigenvalue weighted by atomic mass is 10.1. The van der Waals surface area contributed by atoms with E-state index in [0.717, 1.165) is 18.5 Å². The molecule has 1 saturated carbocycles. The number of rotatable bonds is 5. The Kier molecular flexibility index (Phi) is 4.81. The standard InChI is InChI=1S/C24H26N4O5/c1-12(2)11-28-20-19(22(30)27-23(28)31)15(10-16(26-20)13-5-6-13)21(29)25-14-7-8-17-18(9-14)33-24(3,4)32-17/h7-10,12-13H,5-6,11H2,1-4H3,(H,25,29)(H,27,30,31). The molecule has 2 aromatic heterocycles. The van der Waals surface area contributed by atoms with Crippen molar-refractivity contribution in [3.63, 3.8) is 0 Å². The Labute approximate surface area is 189 Å². The van der Waals surface area contributed by atoms with Crippen LogP contribution in [0.4, 0.5) is 5.69 Å². The van der Waals surface area contributed by atoms with Crippen molar-refractivity contribution in [1.82, 2.24) is 14.5 Å². The fourth-order valence-electron chi connectivity index (χ4n) is 4.09. The van der Waals surface area contributed by atoms with Crippen LogP contribution in [0.1, 0.15) is 62.5 Å². The molecular formula is C24H26N4O5. The number of fused-ring (bicyclic) bond motifs is 2. The zero-order valence-electron chi connectivity index (χ0n) is 19.0. The number of hydrogen-bond donors (Lipinski definition) is 2. The predicted molar refractivity (Wildman–Crippen MR) is 123 cm³/mol. The molecule has 0 atom stereocenters. The van der Waals surface area contributed by atoms with Gasteiger partial charge in [-0.15, -0.1) is 0 Å². The van der Waals surface area contributed by atoms with Crippen LogP contribution >= 0.6 is 0 Å². The Morgan fingerprint density at radius 3 is 2.64 bits per heavy atom. The maximum absolute atomic E-state index is 13.4. The highest BCUT2D eigenvalue weighted by Crippen LogP contribution is 2.41. The molecule has 0 spiro atoms. The van der Waals surface area contributed by atoms with Gasteiger partial charge in [-0.3, -0.25) is 19.1 Å². The second-order valence-corrected chi connectivity index (χ2v) is 9.55. The largest absolute Gasteiger partial charge is 0.449 e. The topological polar surface area (TPSA) is 115 Å². The van der Waals surface area contributed by atoms with Crippen LogP contribution in [-0.4, -0.2) is 26.2 Å². The smallest absolute Gasteiger partial charge is 0.330 e. The summed E-state index contributed by atoms with van der Waals surface area (Å²) in [6.45, 7) is 7.94. The summed E-state index contributed by atoms with van der Waals surface area (Å²) in [7, 11) is 0. The van der Waals surface area contributed by atoms with E-state index >= 15 is 0 Å². The van der Waals surface area contributed by atoms with Crippen LogP contribution in [0.5, 0.6) is 11.5 Å². The molecule has 1 aliphatic carbocycles. The molecule has 0 radical (unpaired) electrons. The molecule has 1 fully saturated rings. The van der Waals surface area contributed by atoms with Gasteiger partial charge in [0.05, 0.1) is 10.9 Å². The van der Waals surface area contributed by atoms with Crippen molar-refractivity contribution >= 4 is 22.6 Å². The third kappa shape index (κ3) is 3.99. The van der Waals surface area contributed by atoms with Gasteiger partial charge in [-0.2, -0.15) is 0 Å². The fraction of sp³-hybridized carbons (Fsp3) is 0.417. The minimum atomic E-state index is -0.779. The minimum absolute atomic E-state index is 0.110. The summed E-state index contributed by atoms with van der Waals surface area (Å²) in [5.74, 6) is 0.271. The number of aromatic amines is 1. The van der Waals surface area contributed by atoms with Crippen molar-refractivity contribution in [3.05, 3.63) is 56.4 Å². The van der Waals surface area contributed by atoms with Crippen molar-refractivity contribution in [2.75, 3.05) is 5.32 Å². The van der Waals surface area contributed by atoms with Gasteiger partial charge in [0, 0.05) is 43.8 Å². The van der Waals surface area contributed by atoms with Gasteiger partial charge in [0.15, 0.2) is 17.1 Å². The summed E-state index contributed by atoms with van der Waals surface area (Å²) in [4.78, 5) is 45.7. The van der Waals surface area contributed by atoms with E-state index < -0.39 is 22.9 Å². The molecule has 1 aromatic carbocycles. The van der Waals surface area contributed by atoms with Crippen molar-refractivity contribution in [2.45, 2.75) is 58.8 Å². The number of hydrogen-bond acceptors (Lipinski definition) is 6. The van der Waals surface area contributed by atoms with Crippen molar-refractivity contribution < 1.29 is 14.3 Å². The highest BCUT2D eigenvalue weighted by atomic mass is 16.7. The number of aromatic nitrogens is 3. The quantitative estimate of drug-likeness (QED) is 0.616. The first-order chi connectivity index (χ1) is 15.6. The van der Waals surface area contributed by atoms with Gasteiger partial charge >= 0.3 is 5.69 Å². The molecule has 33 heavy (non-hydrogen) atoms. The lowest BCUT2D eigenvalue weighted by molar-refractivity contribution is -0.0431. The summed E-state index contributed by atoms with van der Waals surface area (Å²) in [5.41, 5.74) is 0.527. The first kappa shape index (κ1) is 21.2. The summed E-state index contributed by atoms with van der Waals surface area (Å²) in [5, 5.41) is 2.96. The number of nitrogens with one attached hydrogen (secondary N) is 2. The highest BCUT2D eigenvalue weighted by molar-refractivity contribution is 6.12. The number of carbonyl (C=O) groups is 1. The number of anilines is 1. The molecule has 0 saturated heterocycles. The summed E-state index contributed by atoms with van der Waals surface area (Å²) in [6.07, 6.45) is 1.93. The zero-order chi connectivity index (χ0) is 23.5. The Bertz CT molecular complexity index is 1400. The molecule has 3 heterocycles. The molecule has 9 nitrogen and oxygen atoms in total. The van der Waals surface area contributed by atoms with Crippen molar-refractivity contribution in [2.24, 2.45) is 5.92 Å². The lowest BCUT2D eigenvalue weighted by Crippen LogP contribution is -2.33. The fourth-order valence-corrected chi connectivity index (χ4v) is 4.09. The Hall–Kier alpha value is -3.62. The van der Waals surface area contributed by atoms with E-state index in [0.29, 0.717) is 23.7 Å². The van der Waals surface area contributed by atoms with Gasteiger partial charge in [0.25, 0.3) is 11.5 Å². The Morgan fingerprint density at radius 1 is 1.21 bits per heavy atom. The van der Waals surface area contributed by atoms with Gasteiger partial charge < -0.3 is 14.8 Å². The summed E-state index contributed by atoms with van der Waals surface area (Å²) < 4.78 is 12.9.